The van der Waals surface area contributed by atoms with Crippen molar-refractivity contribution in [2.45, 2.75) is 6.92 Å². The van der Waals surface area contributed by atoms with E-state index < -0.39 is 4.92 Å². The first kappa shape index (κ1) is 19.1. The van der Waals surface area contributed by atoms with Crippen LogP contribution in [0.2, 0.25) is 0 Å². The summed E-state index contributed by atoms with van der Waals surface area (Å²) in [6.45, 7) is 1.85. The first-order valence-corrected chi connectivity index (χ1v) is 9.85. The topological polar surface area (TPSA) is 76.6 Å². The predicted molar refractivity (Wildman–Crippen MR) is 118 cm³/mol. The SMILES string of the molecule is Cc1ccc([N+](=O)[O-])cc1-c1ccc(/C=C2/SC(=S)N(c3ccccc3)C2=O)o1. The maximum absolute atomic E-state index is 12.8. The number of carbonyl (C=O) groups is 1. The number of furan rings is 1. The molecule has 29 heavy (non-hydrogen) atoms. The highest BCUT2D eigenvalue weighted by Crippen LogP contribution is 2.37. The van der Waals surface area contributed by atoms with E-state index in [2.05, 4.69) is 0 Å². The van der Waals surface area contributed by atoms with Gasteiger partial charge in [0.25, 0.3) is 11.6 Å². The van der Waals surface area contributed by atoms with Gasteiger partial charge in [-0.3, -0.25) is 19.8 Å². The number of benzene rings is 2. The lowest BCUT2D eigenvalue weighted by molar-refractivity contribution is -0.384. The van der Waals surface area contributed by atoms with E-state index in [4.69, 9.17) is 16.6 Å². The van der Waals surface area contributed by atoms with Crippen LogP contribution in [-0.4, -0.2) is 15.2 Å². The van der Waals surface area contributed by atoms with E-state index in [1.54, 1.807) is 24.3 Å². The fraction of sp³-hybridized carbons (Fsp3) is 0.0476. The summed E-state index contributed by atoms with van der Waals surface area (Å²) in [7, 11) is 0. The third kappa shape index (κ3) is 3.72. The molecule has 144 valence electrons. The van der Waals surface area contributed by atoms with Crippen molar-refractivity contribution >= 4 is 51.7 Å². The van der Waals surface area contributed by atoms with E-state index in [9.17, 15) is 14.9 Å². The molecule has 1 aliphatic rings. The minimum atomic E-state index is -0.443. The summed E-state index contributed by atoms with van der Waals surface area (Å²) < 4.78 is 6.30. The Kier molecular flexibility index (Phi) is 5.04. The zero-order chi connectivity index (χ0) is 20.5. The van der Waals surface area contributed by atoms with Crippen molar-refractivity contribution in [1.29, 1.82) is 0 Å². The normalized spacial score (nSPS) is 15.3. The van der Waals surface area contributed by atoms with Gasteiger partial charge in [-0.15, -0.1) is 0 Å². The Labute approximate surface area is 176 Å². The molecule has 0 unspecified atom stereocenters. The molecule has 0 spiro atoms. The van der Waals surface area contributed by atoms with Crippen molar-refractivity contribution in [2.24, 2.45) is 0 Å². The van der Waals surface area contributed by atoms with Crippen molar-refractivity contribution < 1.29 is 14.1 Å². The van der Waals surface area contributed by atoms with Gasteiger partial charge in [0.15, 0.2) is 4.32 Å². The van der Waals surface area contributed by atoms with E-state index in [0.717, 1.165) is 5.56 Å². The molecule has 1 aromatic heterocycles. The minimum absolute atomic E-state index is 0.00715. The van der Waals surface area contributed by atoms with Crippen LogP contribution in [0.25, 0.3) is 17.4 Å². The van der Waals surface area contributed by atoms with Crippen LogP contribution >= 0.6 is 24.0 Å². The Morgan fingerprint density at radius 2 is 1.90 bits per heavy atom. The summed E-state index contributed by atoms with van der Waals surface area (Å²) in [4.78, 5) is 25.4. The number of para-hydroxylation sites is 1. The van der Waals surface area contributed by atoms with Crippen molar-refractivity contribution in [3.8, 4) is 11.3 Å². The molecule has 0 radical (unpaired) electrons. The molecule has 1 saturated heterocycles. The number of thioether (sulfide) groups is 1. The van der Waals surface area contributed by atoms with Crippen molar-refractivity contribution in [2.75, 3.05) is 4.90 Å². The first-order valence-electron chi connectivity index (χ1n) is 8.62. The molecule has 2 aromatic carbocycles. The molecule has 2 heterocycles. The third-order valence-electron chi connectivity index (χ3n) is 4.41. The second-order valence-electron chi connectivity index (χ2n) is 6.31. The van der Waals surface area contributed by atoms with Crippen LogP contribution < -0.4 is 4.90 Å². The number of amides is 1. The lowest BCUT2D eigenvalue weighted by atomic mass is 10.1. The number of nitrogens with zero attached hydrogens (tertiary/aromatic N) is 2. The van der Waals surface area contributed by atoms with Gasteiger partial charge in [0.2, 0.25) is 0 Å². The number of nitro groups is 1. The Hall–Kier alpha value is -3.23. The molecule has 4 rings (SSSR count). The summed E-state index contributed by atoms with van der Waals surface area (Å²) in [5.74, 6) is 0.756. The quantitative estimate of drug-likeness (QED) is 0.237. The number of anilines is 1. The second kappa shape index (κ2) is 7.65. The highest BCUT2D eigenvalue weighted by molar-refractivity contribution is 8.27. The number of nitro benzene ring substituents is 1. The zero-order valence-electron chi connectivity index (χ0n) is 15.2. The molecular formula is C21H14N2O4S2. The van der Waals surface area contributed by atoms with Crippen LogP contribution in [0.4, 0.5) is 11.4 Å². The maximum atomic E-state index is 12.8. The van der Waals surface area contributed by atoms with Crippen LogP contribution in [0.1, 0.15) is 11.3 Å². The number of carbonyl (C=O) groups excluding carboxylic acids is 1. The van der Waals surface area contributed by atoms with Gasteiger partial charge in [0, 0.05) is 23.8 Å². The standard InChI is InChI=1S/C21H14N2O4S2/c1-13-7-8-15(23(25)26)11-17(13)18-10-9-16(27-18)12-19-20(24)22(21(28)29-19)14-5-3-2-4-6-14/h2-12H,1H3/b19-12+. The van der Waals surface area contributed by atoms with Crippen molar-refractivity contribution in [3.05, 3.63) is 87.0 Å². The molecule has 1 fully saturated rings. The van der Waals surface area contributed by atoms with Crippen molar-refractivity contribution in [1.82, 2.24) is 0 Å². The highest BCUT2D eigenvalue weighted by atomic mass is 32.2. The molecule has 0 bridgehead atoms. The van der Waals surface area contributed by atoms with Gasteiger partial charge in [-0.2, -0.15) is 0 Å². The van der Waals surface area contributed by atoms with Gasteiger partial charge < -0.3 is 4.42 Å². The molecule has 1 amide bonds. The molecule has 0 saturated carbocycles. The fourth-order valence-electron chi connectivity index (χ4n) is 2.96. The third-order valence-corrected chi connectivity index (χ3v) is 5.71. The van der Waals surface area contributed by atoms with E-state index in [-0.39, 0.29) is 11.6 Å². The molecule has 1 aliphatic heterocycles. The molecular weight excluding hydrogens is 408 g/mol. The maximum Gasteiger partial charge on any atom is 0.270 e. The van der Waals surface area contributed by atoms with E-state index in [1.165, 1.54) is 28.8 Å². The molecule has 0 N–H and O–H groups in total. The lowest BCUT2D eigenvalue weighted by Gasteiger charge is -2.13. The average Bonchev–Trinajstić information content (AvgIpc) is 3.27. The van der Waals surface area contributed by atoms with Crippen LogP contribution in [0.3, 0.4) is 0 Å². The predicted octanol–water partition coefficient (Wildman–Crippen LogP) is 5.57. The van der Waals surface area contributed by atoms with Crippen LogP contribution in [0.15, 0.2) is 70.0 Å². The molecule has 0 atom stereocenters. The Morgan fingerprint density at radius 1 is 1.14 bits per heavy atom. The highest BCUT2D eigenvalue weighted by Gasteiger charge is 2.33. The second-order valence-corrected chi connectivity index (χ2v) is 7.99. The van der Waals surface area contributed by atoms with Crippen LogP contribution in [0.5, 0.6) is 0 Å². The van der Waals surface area contributed by atoms with Gasteiger partial charge in [0.05, 0.1) is 15.5 Å². The van der Waals surface area contributed by atoms with Gasteiger partial charge in [-0.05, 0) is 36.8 Å². The number of rotatable bonds is 4. The van der Waals surface area contributed by atoms with E-state index in [1.807, 2.05) is 37.3 Å². The fourth-order valence-corrected chi connectivity index (χ4v) is 4.24. The van der Waals surface area contributed by atoms with Gasteiger partial charge in [0.1, 0.15) is 11.5 Å². The smallest absolute Gasteiger partial charge is 0.270 e. The molecule has 6 nitrogen and oxygen atoms in total. The van der Waals surface area contributed by atoms with Gasteiger partial charge in [-0.25, -0.2) is 0 Å². The number of thiocarbonyl (C=S) groups is 1. The van der Waals surface area contributed by atoms with Crippen LogP contribution in [-0.2, 0) is 4.79 Å². The van der Waals surface area contributed by atoms with Crippen molar-refractivity contribution in [3.63, 3.8) is 0 Å². The largest absolute Gasteiger partial charge is 0.457 e. The minimum Gasteiger partial charge on any atom is -0.457 e. The summed E-state index contributed by atoms with van der Waals surface area (Å²) in [5, 5.41) is 11.1. The van der Waals surface area contributed by atoms with E-state index >= 15 is 0 Å². The summed E-state index contributed by atoms with van der Waals surface area (Å²) >= 11 is 6.57. The summed E-state index contributed by atoms with van der Waals surface area (Å²) in [6, 6.07) is 17.3. The molecule has 0 aliphatic carbocycles. The summed E-state index contributed by atoms with van der Waals surface area (Å²) in [5.41, 5.74) is 2.20. The lowest BCUT2D eigenvalue weighted by Crippen LogP contribution is -2.27. The Bertz CT molecular complexity index is 1170. The number of non-ortho nitro benzene ring substituents is 1. The molecule has 3 aromatic rings. The Morgan fingerprint density at radius 3 is 2.62 bits per heavy atom. The monoisotopic (exact) mass is 422 g/mol. The van der Waals surface area contributed by atoms with Gasteiger partial charge in [-0.1, -0.05) is 48.2 Å². The number of hydrogen-bond donors (Lipinski definition) is 0. The van der Waals surface area contributed by atoms with Crippen LogP contribution in [0, 0.1) is 17.0 Å². The Balaban J connectivity index is 1.64. The number of hydrogen-bond acceptors (Lipinski definition) is 6. The molecule has 8 heteroatoms. The summed E-state index contributed by atoms with van der Waals surface area (Å²) in [6.07, 6.45) is 1.64. The first-order chi connectivity index (χ1) is 13.9. The number of aryl methyl sites for hydroxylation is 1. The average molecular weight is 422 g/mol. The van der Waals surface area contributed by atoms with Gasteiger partial charge >= 0.3 is 0 Å². The van der Waals surface area contributed by atoms with E-state index in [0.29, 0.717) is 32.0 Å². The zero-order valence-corrected chi connectivity index (χ0v) is 16.8.